The maximum absolute atomic E-state index is 12.6. The quantitative estimate of drug-likeness (QED) is 0.668. The number of urea groups is 1. The third kappa shape index (κ3) is 4.64. The number of piperidine rings is 1. The number of pyridine rings is 1. The summed E-state index contributed by atoms with van der Waals surface area (Å²) in [6.45, 7) is 6.63. The van der Waals surface area contributed by atoms with E-state index in [1.165, 1.54) is 5.56 Å². The lowest BCUT2D eigenvalue weighted by Gasteiger charge is -2.33. The molecule has 0 radical (unpaired) electrons. The van der Waals surface area contributed by atoms with Gasteiger partial charge in [0.25, 0.3) is 0 Å². The number of carbonyl (C=O) groups excluding carboxylic acids is 1. The Balaban J connectivity index is 1.37. The molecule has 1 aliphatic heterocycles. The number of amides is 2. The summed E-state index contributed by atoms with van der Waals surface area (Å²) in [6, 6.07) is 14.6. The normalized spacial score (nSPS) is 15.1. The van der Waals surface area contributed by atoms with Gasteiger partial charge in [0.2, 0.25) is 0 Å². The largest absolute Gasteiger partial charge is 0.338 e. The number of fused-ring (bicyclic) bond motifs is 1. The Morgan fingerprint density at radius 1 is 1.13 bits per heavy atom. The summed E-state index contributed by atoms with van der Waals surface area (Å²) in [5, 5.41) is 3.07. The third-order valence-electron chi connectivity index (χ3n) is 5.76. The average molecular weight is 406 g/mol. The predicted molar refractivity (Wildman–Crippen MR) is 119 cm³/mol. The van der Waals surface area contributed by atoms with E-state index < -0.39 is 0 Å². The molecule has 0 bridgehead atoms. The number of benzene rings is 1. The second kappa shape index (κ2) is 9.28. The molecule has 0 spiro atoms. The number of rotatable bonds is 6. The van der Waals surface area contributed by atoms with Gasteiger partial charge in [-0.3, -0.25) is 0 Å². The van der Waals surface area contributed by atoms with Gasteiger partial charge in [0.15, 0.2) is 5.65 Å². The minimum atomic E-state index is 0.0420. The van der Waals surface area contributed by atoms with E-state index in [2.05, 4.69) is 40.8 Å². The number of aromatic nitrogens is 3. The Morgan fingerprint density at radius 2 is 1.90 bits per heavy atom. The fourth-order valence-corrected chi connectivity index (χ4v) is 4.27. The molecule has 1 N–H and O–H groups in total. The van der Waals surface area contributed by atoms with Crippen LogP contribution in [0.25, 0.3) is 11.2 Å². The van der Waals surface area contributed by atoms with Crippen molar-refractivity contribution in [1.82, 2.24) is 24.8 Å². The summed E-state index contributed by atoms with van der Waals surface area (Å²) in [5.41, 5.74) is 3.18. The first-order chi connectivity index (χ1) is 14.6. The molecule has 1 saturated heterocycles. The number of nitrogens with one attached hydrogen (secondary N) is 1. The van der Waals surface area contributed by atoms with Gasteiger partial charge in [0, 0.05) is 38.3 Å². The topological polar surface area (TPSA) is 63.1 Å². The van der Waals surface area contributed by atoms with E-state index >= 15 is 0 Å². The number of likely N-dealkylation sites (tertiary alicyclic amines) is 1. The van der Waals surface area contributed by atoms with Crippen LogP contribution in [-0.2, 0) is 12.8 Å². The van der Waals surface area contributed by atoms with Crippen molar-refractivity contribution in [3.63, 3.8) is 0 Å². The van der Waals surface area contributed by atoms with Crippen LogP contribution in [0.1, 0.15) is 44.1 Å². The number of hydrogen-bond acceptors (Lipinski definition) is 3. The smallest absolute Gasteiger partial charge is 0.317 e. The molecule has 4 rings (SSSR count). The lowest BCUT2D eigenvalue weighted by atomic mass is 10.0. The van der Waals surface area contributed by atoms with Crippen LogP contribution < -0.4 is 5.32 Å². The molecule has 2 aromatic heterocycles. The molecule has 30 heavy (non-hydrogen) atoms. The lowest BCUT2D eigenvalue weighted by molar-refractivity contribution is 0.171. The zero-order valence-corrected chi connectivity index (χ0v) is 17.9. The second-order valence-electron chi connectivity index (χ2n) is 8.53. The second-order valence-corrected chi connectivity index (χ2v) is 8.53. The summed E-state index contributed by atoms with van der Waals surface area (Å²) in [5.74, 6) is 1.65. The molecule has 3 aromatic rings. The van der Waals surface area contributed by atoms with Gasteiger partial charge in [-0.25, -0.2) is 14.8 Å². The van der Waals surface area contributed by atoms with Gasteiger partial charge >= 0.3 is 6.03 Å². The molecule has 2 amide bonds. The standard InChI is InChI=1S/C24H31N5O/c1-18(2)17-22-27-21-9-6-13-25-23(21)29(22)20-11-15-28(16-12-20)24(30)26-14-10-19-7-4-3-5-8-19/h3-9,13,18,20H,10-12,14-17H2,1-2H3,(H,26,30). The van der Waals surface area contributed by atoms with E-state index in [0.29, 0.717) is 18.5 Å². The van der Waals surface area contributed by atoms with E-state index in [-0.39, 0.29) is 6.03 Å². The fourth-order valence-electron chi connectivity index (χ4n) is 4.27. The molecule has 6 nitrogen and oxygen atoms in total. The van der Waals surface area contributed by atoms with Gasteiger partial charge in [-0.05, 0) is 42.9 Å². The third-order valence-corrected chi connectivity index (χ3v) is 5.76. The maximum atomic E-state index is 12.6. The molecule has 158 valence electrons. The molecule has 0 atom stereocenters. The van der Waals surface area contributed by atoms with Crippen LogP contribution in [0.3, 0.4) is 0 Å². The van der Waals surface area contributed by atoms with Gasteiger partial charge in [0.1, 0.15) is 11.3 Å². The minimum Gasteiger partial charge on any atom is -0.338 e. The van der Waals surface area contributed by atoms with Crippen molar-refractivity contribution >= 4 is 17.2 Å². The molecular formula is C24H31N5O. The van der Waals surface area contributed by atoms with Gasteiger partial charge in [-0.15, -0.1) is 0 Å². The summed E-state index contributed by atoms with van der Waals surface area (Å²) >= 11 is 0. The number of carbonyl (C=O) groups is 1. The summed E-state index contributed by atoms with van der Waals surface area (Å²) in [6.07, 6.45) is 5.50. The van der Waals surface area contributed by atoms with Crippen molar-refractivity contribution in [1.29, 1.82) is 0 Å². The fraction of sp³-hybridized carbons (Fsp3) is 0.458. The van der Waals surface area contributed by atoms with Crippen LogP contribution in [-0.4, -0.2) is 45.1 Å². The zero-order valence-electron chi connectivity index (χ0n) is 17.9. The Kier molecular flexibility index (Phi) is 6.31. The van der Waals surface area contributed by atoms with Crippen LogP contribution in [0.5, 0.6) is 0 Å². The van der Waals surface area contributed by atoms with E-state index in [1.807, 2.05) is 41.4 Å². The summed E-state index contributed by atoms with van der Waals surface area (Å²) < 4.78 is 2.33. The monoisotopic (exact) mass is 405 g/mol. The van der Waals surface area contributed by atoms with Gasteiger partial charge in [-0.2, -0.15) is 0 Å². The van der Waals surface area contributed by atoms with Crippen molar-refractivity contribution in [2.45, 2.75) is 45.6 Å². The van der Waals surface area contributed by atoms with Crippen LogP contribution in [0.2, 0.25) is 0 Å². The number of hydrogen-bond donors (Lipinski definition) is 1. The van der Waals surface area contributed by atoms with E-state index in [1.54, 1.807) is 0 Å². The Labute approximate surface area is 178 Å². The van der Waals surface area contributed by atoms with Crippen molar-refractivity contribution in [2.75, 3.05) is 19.6 Å². The molecule has 1 fully saturated rings. The highest BCUT2D eigenvalue weighted by atomic mass is 16.2. The Hall–Kier alpha value is -2.89. The molecule has 3 heterocycles. The zero-order chi connectivity index (χ0) is 20.9. The summed E-state index contributed by atoms with van der Waals surface area (Å²) in [4.78, 5) is 24.0. The minimum absolute atomic E-state index is 0.0420. The van der Waals surface area contributed by atoms with Gasteiger partial charge in [-0.1, -0.05) is 44.2 Å². The summed E-state index contributed by atoms with van der Waals surface area (Å²) in [7, 11) is 0. The molecule has 1 aromatic carbocycles. The van der Waals surface area contributed by atoms with Crippen LogP contribution in [0.15, 0.2) is 48.7 Å². The highest BCUT2D eigenvalue weighted by molar-refractivity contribution is 5.74. The first kappa shape index (κ1) is 20.4. The van der Waals surface area contributed by atoms with E-state index in [0.717, 1.165) is 55.8 Å². The van der Waals surface area contributed by atoms with Crippen molar-refractivity contribution in [3.05, 3.63) is 60.0 Å². The van der Waals surface area contributed by atoms with Crippen molar-refractivity contribution in [2.24, 2.45) is 5.92 Å². The Morgan fingerprint density at radius 3 is 2.63 bits per heavy atom. The predicted octanol–water partition coefficient (Wildman–Crippen LogP) is 4.22. The highest BCUT2D eigenvalue weighted by Gasteiger charge is 2.27. The molecule has 1 aliphatic rings. The number of imidazole rings is 1. The van der Waals surface area contributed by atoms with Crippen LogP contribution in [0, 0.1) is 5.92 Å². The first-order valence-corrected chi connectivity index (χ1v) is 11.0. The van der Waals surface area contributed by atoms with Gasteiger partial charge in [0.05, 0.1) is 0 Å². The molecule has 6 heteroatoms. The Bertz CT molecular complexity index is 974. The van der Waals surface area contributed by atoms with Gasteiger partial charge < -0.3 is 14.8 Å². The number of nitrogens with zero attached hydrogens (tertiary/aromatic N) is 4. The first-order valence-electron chi connectivity index (χ1n) is 11.0. The molecular weight excluding hydrogens is 374 g/mol. The SMILES string of the molecule is CC(C)Cc1nc2cccnc2n1C1CCN(C(=O)NCCc2ccccc2)CC1. The van der Waals surface area contributed by atoms with E-state index in [4.69, 9.17) is 4.98 Å². The van der Waals surface area contributed by atoms with Crippen LogP contribution in [0.4, 0.5) is 4.79 Å². The van der Waals surface area contributed by atoms with Crippen LogP contribution >= 0.6 is 0 Å². The molecule has 0 unspecified atom stereocenters. The average Bonchev–Trinajstić information content (AvgIpc) is 3.11. The molecule has 0 saturated carbocycles. The van der Waals surface area contributed by atoms with E-state index in [9.17, 15) is 4.79 Å². The lowest BCUT2D eigenvalue weighted by Crippen LogP contribution is -2.45. The highest BCUT2D eigenvalue weighted by Crippen LogP contribution is 2.29. The van der Waals surface area contributed by atoms with Crippen molar-refractivity contribution < 1.29 is 4.79 Å². The molecule has 0 aliphatic carbocycles. The van der Waals surface area contributed by atoms with Crippen molar-refractivity contribution in [3.8, 4) is 0 Å². The maximum Gasteiger partial charge on any atom is 0.317 e.